The molecule has 1 aliphatic heterocycles. The summed E-state index contributed by atoms with van der Waals surface area (Å²) in [5.41, 5.74) is 1.05. The fourth-order valence-corrected chi connectivity index (χ4v) is 3.08. The molecule has 29 heavy (non-hydrogen) atoms. The topological polar surface area (TPSA) is 86.9 Å². The van der Waals surface area contributed by atoms with Gasteiger partial charge in [-0.15, -0.1) is 24.0 Å². The van der Waals surface area contributed by atoms with Crippen LogP contribution in [-0.4, -0.2) is 53.5 Å². The molecule has 1 fully saturated rings. The van der Waals surface area contributed by atoms with Crippen molar-refractivity contribution in [1.82, 2.24) is 15.2 Å². The summed E-state index contributed by atoms with van der Waals surface area (Å²) in [7, 11) is 0. The summed E-state index contributed by atoms with van der Waals surface area (Å²) in [4.78, 5) is 24.1. The second-order valence-electron chi connectivity index (χ2n) is 6.65. The molecule has 8 nitrogen and oxygen atoms in total. The van der Waals surface area contributed by atoms with Crippen LogP contribution < -0.4 is 10.2 Å². The lowest BCUT2D eigenvalue weighted by molar-refractivity contribution is -0.384. The number of nitro groups is 1. The van der Waals surface area contributed by atoms with Crippen LogP contribution >= 0.6 is 24.0 Å². The third kappa shape index (κ3) is 6.55. The van der Waals surface area contributed by atoms with Crippen LogP contribution in [0, 0.1) is 10.1 Å². The van der Waals surface area contributed by atoms with Crippen LogP contribution in [0.2, 0.25) is 0 Å². The van der Waals surface area contributed by atoms with Crippen LogP contribution in [0.15, 0.2) is 53.7 Å². The lowest BCUT2D eigenvalue weighted by Crippen LogP contribution is -2.52. The van der Waals surface area contributed by atoms with Gasteiger partial charge in [-0.3, -0.25) is 10.1 Å². The molecule has 0 aliphatic carbocycles. The first-order chi connectivity index (χ1) is 13.7. The molecule has 0 saturated carbocycles. The number of pyridine rings is 1. The quantitative estimate of drug-likeness (QED) is 0.211. The largest absolute Gasteiger partial charge is 0.356 e. The highest BCUT2D eigenvalue weighted by atomic mass is 127. The van der Waals surface area contributed by atoms with Gasteiger partial charge in [-0.05, 0) is 24.1 Å². The fourth-order valence-electron chi connectivity index (χ4n) is 3.08. The molecule has 156 valence electrons. The Morgan fingerprint density at radius 3 is 2.48 bits per heavy atom. The van der Waals surface area contributed by atoms with Crippen molar-refractivity contribution in [3.63, 3.8) is 0 Å². The van der Waals surface area contributed by atoms with Crippen molar-refractivity contribution >= 4 is 41.4 Å². The predicted octanol–water partition coefficient (Wildman–Crippen LogP) is 3.29. The van der Waals surface area contributed by atoms with E-state index in [1.54, 1.807) is 12.1 Å². The average Bonchev–Trinajstić information content (AvgIpc) is 2.75. The van der Waals surface area contributed by atoms with E-state index in [2.05, 4.69) is 27.0 Å². The number of halogens is 1. The highest BCUT2D eigenvalue weighted by molar-refractivity contribution is 14.0. The van der Waals surface area contributed by atoms with E-state index in [0.29, 0.717) is 6.54 Å². The minimum absolute atomic E-state index is 0. The molecule has 0 amide bonds. The molecule has 2 aromatic rings. The molecule has 0 spiro atoms. The van der Waals surface area contributed by atoms with E-state index in [1.165, 1.54) is 12.1 Å². The summed E-state index contributed by atoms with van der Waals surface area (Å²) in [6, 6.07) is 12.5. The number of benzene rings is 1. The van der Waals surface area contributed by atoms with Crippen LogP contribution in [0.1, 0.15) is 18.9 Å². The Morgan fingerprint density at radius 2 is 1.90 bits per heavy atom. The fraction of sp³-hybridized carbons (Fsp3) is 0.400. The van der Waals surface area contributed by atoms with Gasteiger partial charge >= 0.3 is 0 Å². The number of hydrogen-bond acceptors (Lipinski definition) is 5. The maximum absolute atomic E-state index is 10.8. The third-order valence-electron chi connectivity index (χ3n) is 4.64. The minimum atomic E-state index is -0.387. The number of nitrogens with one attached hydrogen (secondary N) is 1. The van der Waals surface area contributed by atoms with Crippen molar-refractivity contribution in [2.45, 2.75) is 19.9 Å². The van der Waals surface area contributed by atoms with Gasteiger partial charge in [-0.1, -0.05) is 25.1 Å². The molecule has 1 saturated heterocycles. The van der Waals surface area contributed by atoms with E-state index in [-0.39, 0.29) is 34.6 Å². The van der Waals surface area contributed by atoms with Gasteiger partial charge in [-0.2, -0.15) is 0 Å². The Balaban J connectivity index is 0.00000300. The summed E-state index contributed by atoms with van der Waals surface area (Å²) in [5.74, 6) is 1.90. The van der Waals surface area contributed by atoms with E-state index in [9.17, 15) is 10.1 Å². The number of non-ortho nitro benzene ring substituents is 1. The minimum Gasteiger partial charge on any atom is -0.356 e. The maximum atomic E-state index is 10.8. The molecule has 0 unspecified atom stereocenters. The number of piperazine rings is 1. The Labute approximate surface area is 188 Å². The van der Waals surface area contributed by atoms with Gasteiger partial charge in [0.2, 0.25) is 0 Å². The first kappa shape index (κ1) is 22.9. The number of nitrogens with zero attached hydrogens (tertiary/aromatic N) is 5. The van der Waals surface area contributed by atoms with Crippen LogP contribution in [0.3, 0.4) is 0 Å². The van der Waals surface area contributed by atoms with Gasteiger partial charge in [-0.25, -0.2) is 9.98 Å². The normalized spacial score (nSPS) is 14.3. The van der Waals surface area contributed by atoms with E-state index in [1.807, 2.05) is 24.4 Å². The Kier molecular flexibility index (Phi) is 9.10. The smallest absolute Gasteiger partial charge is 0.269 e. The summed E-state index contributed by atoms with van der Waals surface area (Å²) in [6.07, 6.45) is 2.84. The molecule has 9 heteroatoms. The van der Waals surface area contributed by atoms with Gasteiger partial charge in [0.05, 0.1) is 11.5 Å². The lowest BCUT2D eigenvalue weighted by atomic mass is 10.2. The van der Waals surface area contributed by atoms with Crippen LogP contribution in [0.4, 0.5) is 11.5 Å². The van der Waals surface area contributed by atoms with Gasteiger partial charge < -0.3 is 15.1 Å². The molecule has 1 aromatic carbocycles. The van der Waals surface area contributed by atoms with Crippen molar-refractivity contribution in [3.8, 4) is 0 Å². The van der Waals surface area contributed by atoms with Gasteiger partial charge in [0.25, 0.3) is 5.69 Å². The summed E-state index contributed by atoms with van der Waals surface area (Å²) >= 11 is 0. The van der Waals surface area contributed by atoms with Crippen molar-refractivity contribution < 1.29 is 4.92 Å². The molecular weight excluding hydrogens is 483 g/mol. The average molecular weight is 510 g/mol. The number of nitro benzene ring substituents is 1. The lowest BCUT2D eigenvalue weighted by Gasteiger charge is -2.37. The molecular formula is C20H27IN6O2. The molecule has 0 radical (unpaired) electrons. The molecule has 0 atom stereocenters. The molecule has 0 bridgehead atoms. The Morgan fingerprint density at radius 1 is 1.17 bits per heavy atom. The zero-order valence-corrected chi connectivity index (χ0v) is 18.9. The standard InChI is InChI=1S/C20H26N6O2.HI/c1-2-10-22-20(23-16-17-6-8-18(9-7-17)26(27)28)25-14-12-24(13-15-25)19-5-3-4-11-21-19;/h3-9,11H,2,10,12-16H2,1H3,(H,22,23);1H. The molecule has 3 rings (SSSR count). The highest BCUT2D eigenvalue weighted by Crippen LogP contribution is 2.14. The monoisotopic (exact) mass is 510 g/mol. The number of guanidine groups is 1. The second-order valence-corrected chi connectivity index (χ2v) is 6.65. The molecule has 2 heterocycles. The van der Waals surface area contributed by atoms with Crippen LogP contribution in [0.25, 0.3) is 0 Å². The van der Waals surface area contributed by atoms with E-state index in [4.69, 9.17) is 4.99 Å². The van der Waals surface area contributed by atoms with Gasteiger partial charge in [0.1, 0.15) is 5.82 Å². The van der Waals surface area contributed by atoms with Crippen molar-refractivity contribution in [1.29, 1.82) is 0 Å². The van der Waals surface area contributed by atoms with Crippen molar-refractivity contribution in [3.05, 3.63) is 64.3 Å². The summed E-state index contributed by atoms with van der Waals surface area (Å²) < 4.78 is 0. The third-order valence-corrected chi connectivity index (χ3v) is 4.64. The van der Waals surface area contributed by atoms with Gasteiger partial charge in [0.15, 0.2) is 5.96 Å². The number of aromatic nitrogens is 1. The highest BCUT2D eigenvalue weighted by Gasteiger charge is 2.20. The first-order valence-corrected chi connectivity index (χ1v) is 9.60. The zero-order chi connectivity index (χ0) is 19.8. The van der Waals surface area contributed by atoms with Crippen molar-refractivity contribution in [2.75, 3.05) is 37.6 Å². The number of rotatable bonds is 6. The van der Waals surface area contributed by atoms with E-state index < -0.39 is 0 Å². The van der Waals surface area contributed by atoms with Crippen molar-refractivity contribution in [2.24, 2.45) is 4.99 Å². The Bertz CT molecular complexity index is 792. The number of aliphatic imine (C=N–C) groups is 1. The van der Waals surface area contributed by atoms with Crippen LogP contribution in [0.5, 0.6) is 0 Å². The first-order valence-electron chi connectivity index (χ1n) is 9.60. The molecule has 1 N–H and O–H groups in total. The number of anilines is 1. The van der Waals surface area contributed by atoms with Crippen LogP contribution in [-0.2, 0) is 6.54 Å². The van der Waals surface area contributed by atoms with Gasteiger partial charge in [0, 0.05) is 51.1 Å². The predicted molar refractivity (Wildman–Crippen MR) is 126 cm³/mol. The molecule has 1 aromatic heterocycles. The van der Waals surface area contributed by atoms with E-state index >= 15 is 0 Å². The molecule has 1 aliphatic rings. The second kappa shape index (κ2) is 11.5. The van der Waals surface area contributed by atoms with E-state index in [0.717, 1.165) is 56.5 Å². The zero-order valence-electron chi connectivity index (χ0n) is 16.5. The Hall–Kier alpha value is -2.43. The summed E-state index contributed by atoms with van der Waals surface area (Å²) in [6.45, 7) is 6.99. The maximum Gasteiger partial charge on any atom is 0.269 e. The number of hydrogen-bond donors (Lipinski definition) is 1. The summed E-state index contributed by atoms with van der Waals surface area (Å²) in [5, 5.41) is 14.2. The SMILES string of the molecule is CCCNC(=NCc1ccc([N+](=O)[O-])cc1)N1CCN(c2ccccn2)CC1.I.